The van der Waals surface area contributed by atoms with Gasteiger partial charge in [-0.15, -0.1) is 11.3 Å². The summed E-state index contributed by atoms with van der Waals surface area (Å²) >= 11 is 1.23. The second-order valence-corrected chi connectivity index (χ2v) is 19.5. The molecule has 8 rings (SSSR count). The van der Waals surface area contributed by atoms with Crippen molar-refractivity contribution in [3.63, 3.8) is 0 Å². The van der Waals surface area contributed by atoms with Gasteiger partial charge in [-0.1, -0.05) is 31.4 Å². The fourth-order valence-corrected chi connectivity index (χ4v) is 11.3. The average Bonchev–Trinajstić information content (AvgIpc) is 4.04. The number of benzene rings is 1. The van der Waals surface area contributed by atoms with E-state index < -0.39 is 68.5 Å². The highest BCUT2D eigenvalue weighted by Gasteiger charge is 2.63. The van der Waals surface area contributed by atoms with Crippen molar-refractivity contribution in [2.45, 2.75) is 112 Å². The molecule has 6 atom stereocenters. The molecular formula is C41H52N6O9S2. The van der Waals surface area contributed by atoms with Gasteiger partial charge in [0.2, 0.25) is 21.8 Å². The van der Waals surface area contributed by atoms with Crippen LogP contribution in [-0.2, 0) is 29.1 Å². The lowest BCUT2D eigenvalue weighted by Crippen LogP contribution is -2.60. The lowest BCUT2D eigenvalue weighted by Gasteiger charge is -2.33. The van der Waals surface area contributed by atoms with Crippen LogP contribution in [0.2, 0.25) is 0 Å². The smallest absolute Gasteiger partial charge is 0.408 e. The van der Waals surface area contributed by atoms with Gasteiger partial charge in [-0.3, -0.25) is 23.9 Å². The van der Waals surface area contributed by atoms with Crippen LogP contribution < -0.4 is 20.1 Å². The highest BCUT2D eigenvalue weighted by atomic mass is 32.2. The van der Waals surface area contributed by atoms with Gasteiger partial charge in [0.25, 0.3) is 11.8 Å². The van der Waals surface area contributed by atoms with Gasteiger partial charge in [0, 0.05) is 48.3 Å². The van der Waals surface area contributed by atoms with Crippen molar-refractivity contribution in [3.8, 4) is 17.0 Å². The number of carbonyl (C=O) groups is 5. The van der Waals surface area contributed by atoms with E-state index in [4.69, 9.17) is 9.47 Å². The van der Waals surface area contributed by atoms with Crippen LogP contribution in [0, 0.1) is 17.8 Å². The Kier molecular flexibility index (Phi) is 11.5. The number of likely N-dealkylation sites (tertiary alicyclic amines) is 1. The normalized spacial score (nSPS) is 29.8. The van der Waals surface area contributed by atoms with E-state index >= 15 is 0 Å². The number of hydrogen-bond donors (Lipinski definition) is 3. The molecule has 3 saturated carbocycles. The quantitative estimate of drug-likeness (QED) is 0.326. The van der Waals surface area contributed by atoms with Crippen molar-refractivity contribution >= 4 is 51.1 Å². The first-order valence-electron chi connectivity index (χ1n) is 20.7. The summed E-state index contributed by atoms with van der Waals surface area (Å²) in [5, 5.41) is 7.27. The molecule has 3 N–H and O–H groups in total. The Hall–Kier alpha value is -4.51. The first-order chi connectivity index (χ1) is 28.0. The Bertz CT molecular complexity index is 2050. The Balaban J connectivity index is 1.05. The number of fused-ring (bicyclic) bond motifs is 4. The van der Waals surface area contributed by atoms with Gasteiger partial charge in [0.15, 0.2) is 5.01 Å². The highest BCUT2D eigenvalue weighted by molar-refractivity contribution is 7.91. The Morgan fingerprint density at radius 1 is 0.948 bits per heavy atom. The van der Waals surface area contributed by atoms with Gasteiger partial charge < -0.3 is 29.9 Å². The maximum atomic E-state index is 14.7. The number of rotatable bonds is 8. The second kappa shape index (κ2) is 16.6. The third-order valence-electron chi connectivity index (χ3n) is 12.7. The summed E-state index contributed by atoms with van der Waals surface area (Å²) in [6.45, 7) is 0.574. The number of alkyl carbamates (subject to hydrolysis) is 1. The van der Waals surface area contributed by atoms with Crippen molar-refractivity contribution in [1.82, 2.24) is 30.1 Å². The molecular weight excluding hydrogens is 785 g/mol. The molecule has 0 spiro atoms. The van der Waals surface area contributed by atoms with Crippen molar-refractivity contribution in [2.75, 3.05) is 26.7 Å². The maximum Gasteiger partial charge on any atom is 0.408 e. The van der Waals surface area contributed by atoms with E-state index in [1.165, 1.54) is 16.2 Å². The van der Waals surface area contributed by atoms with E-state index in [0.717, 1.165) is 50.5 Å². The molecule has 0 bridgehead atoms. The summed E-state index contributed by atoms with van der Waals surface area (Å²) in [5.74, 6) is -2.61. The van der Waals surface area contributed by atoms with Crippen molar-refractivity contribution in [1.29, 1.82) is 0 Å². The molecule has 4 heterocycles. The van der Waals surface area contributed by atoms with E-state index in [-0.39, 0.29) is 44.0 Å². The van der Waals surface area contributed by atoms with Crippen LogP contribution in [0.15, 0.2) is 41.8 Å². The number of nitrogens with zero attached hydrogens (tertiary/aromatic N) is 3. The van der Waals surface area contributed by atoms with Crippen LogP contribution in [-0.4, -0.2) is 109 Å². The standard InChI is InChI=1S/C41H52N6O9S2/c1-55-28-16-14-25(15-17-28)33-24-57-36(42-33)38(50)46-21-26-22-47-34(31(26)23-46)35(48)44-41(39(51)45-58(53,54)30-18-19-30)20-27(41)10-6-3-2-4-9-13-32(37(47)49)43-40(52)56-29-11-7-5-8-12-29/h6,10,14-17,24,26-27,29-32,34H,2-5,7-9,11-13,18-23H2,1H3,(H,43,52)(H,44,48)(H,45,51)/b10-6-/t26-,27+,31-,32-,34-,41-/m0/s1. The summed E-state index contributed by atoms with van der Waals surface area (Å²) in [7, 11) is -2.32. The van der Waals surface area contributed by atoms with Crippen LogP contribution in [0.3, 0.4) is 0 Å². The molecule has 17 heteroatoms. The SMILES string of the molecule is COc1ccc(-c2csc(C(=O)N3C[C@H]4CN5C(=O)[C@@H](NC(=O)OC6CCCCC6)CCCCC/C=C\[C@@H]6C[C@]6(C(=O)NS(=O)(=O)C6CC6)NC(=O)[C@@H]5[C@H]4C3)n2)cc1. The third-order valence-corrected chi connectivity index (χ3v) is 15.3. The zero-order valence-corrected chi connectivity index (χ0v) is 34.4. The molecule has 0 unspecified atom stereocenters. The lowest BCUT2D eigenvalue weighted by molar-refractivity contribution is -0.142. The Labute approximate surface area is 342 Å². The molecule has 1 aromatic carbocycles. The van der Waals surface area contributed by atoms with Crippen LogP contribution in [0.4, 0.5) is 4.79 Å². The first kappa shape index (κ1) is 40.3. The summed E-state index contributed by atoms with van der Waals surface area (Å²) in [6.07, 6.45) is 12.0. The largest absolute Gasteiger partial charge is 0.497 e. The number of methoxy groups -OCH3 is 1. The number of thiazole rings is 1. The van der Waals surface area contributed by atoms with E-state index in [2.05, 4.69) is 20.3 Å². The molecule has 58 heavy (non-hydrogen) atoms. The van der Waals surface area contributed by atoms with Gasteiger partial charge in [-0.05, 0) is 88.5 Å². The number of hydrogen-bond acceptors (Lipinski definition) is 11. The lowest BCUT2D eigenvalue weighted by atomic mass is 9.93. The van der Waals surface area contributed by atoms with E-state index in [0.29, 0.717) is 48.6 Å². The van der Waals surface area contributed by atoms with Gasteiger partial charge in [-0.2, -0.15) is 0 Å². The molecule has 15 nitrogen and oxygen atoms in total. The molecule has 2 saturated heterocycles. The molecule has 312 valence electrons. The summed E-state index contributed by atoms with van der Waals surface area (Å²) in [6, 6.07) is 5.33. The molecule has 5 fully saturated rings. The second-order valence-electron chi connectivity index (χ2n) is 16.7. The van der Waals surface area contributed by atoms with Gasteiger partial charge in [-0.25, -0.2) is 18.2 Å². The minimum absolute atomic E-state index is 0.148. The van der Waals surface area contributed by atoms with Crippen molar-refractivity contribution in [3.05, 3.63) is 46.8 Å². The third kappa shape index (κ3) is 8.47. The van der Waals surface area contributed by atoms with Crippen molar-refractivity contribution < 1.29 is 41.9 Å². The summed E-state index contributed by atoms with van der Waals surface area (Å²) in [5.41, 5.74) is -0.0385. The monoisotopic (exact) mass is 836 g/mol. The predicted molar refractivity (Wildman–Crippen MR) is 214 cm³/mol. The zero-order chi connectivity index (χ0) is 40.6. The fraction of sp³-hybridized carbons (Fsp3) is 0.610. The molecule has 3 aliphatic heterocycles. The minimum atomic E-state index is -3.91. The molecule has 5 amide bonds. The number of carbonyl (C=O) groups excluding carboxylic acids is 5. The van der Waals surface area contributed by atoms with Crippen LogP contribution in [0.5, 0.6) is 5.75 Å². The minimum Gasteiger partial charge on any atom is -0.497 e. The molecule has 3 aliphatic carbocycles. The zero-order valence-electron chi connectivity index (χ0n) is 32.7. The summed E-state index contributed by atoms with van der Waals surface area (Å²) in [4.78, 5) is 78.3. The van der Waals surface area contributed by atoms with Crippen LogP contribution in [0.25, 0.3) is 11.3 Å². The Morgan fingerprint density at radius 3 is 2.43 bits per heavy atom. The molecule has 6 aliphatic rings. The van der Waals surface area contributed by atoms with E-state index in [9.17, 15) is 32.4 Å². The fourth-order valence-electron chi connectivity index (χ4n) is 9.15. The van der Waals surface area contributed by atoms with Crippen LogP contribution >= 0.6 is 11.3 Å². The first-order valence-corrected chi connectivity index (χ1v) is 23.1. The number of allylic oxidation sites excluding steroid dienone is 1. The van der Waals surface area contributed by atoms with Gasteiger partial charge >= 0.3 is 6.09 Å². The maximum absolute atomic E-state index is 14.7. The predicted octanol–water partition coefficient (Wildman–Crippen LogP) is 4.15. The van der Waals surface area contributed by atoms with Gasteiger partial charge in [0.05, 0.1) is 18.1 Å². The number of sulfonamides is 1. The number of nitrogens with one attached hydrogen (secondary N) is 3. The van der Waals surface area contributed by atoms with E-state index in [1.807, 2.05) is 41.8 Å². The molecule has 1 aromatic heterocycles. The van der Waals surface area contributed by atoms with E-state index in [1.54, 1.807) is 12.0 Å². The summed E-state index contributed by atoms with van der Waals surface area (Å²) < 4.78 is 39.1. The average molecular weight is 837 g/mol. The molecule has 2 aromatic rings. The van der Waals surface area contributed by atoms with Crippen LogP contribution in [0.1, 0.15) is 93.3 Å². The number of aromatic nitrogens is 1. The Morgan fingerprint density at radius 2 is 1.69 bits per heavy atom. The topological polar surface area (TPSA) is 193 Å². The number of amides is 5. The number of ether oxygens (including phenoxy) is 2. The highest BCUT2D eigenvalue weighted by Crippen LogP contribution is 2.47. The molecule has 0 radical (unpaired) electrons. The van der Waals surface area contributed by atoms with Crippen molar-refractivity contribution in [2.24, 2.45) is 17.8 Å². The van der Waals surface area contributed by atoms with Gasteiger partial charge in [0.1, 0.15) is 29.5 Å².